The van der Waals surface area contributed by atoms with Crippen molar-refractivity contribution in [2.45, 2.75) is 61.5 Å². The van der Waals surface area contributed by atoms with Crippen LogP contribution >= 0.6 is 23.4 Å². The minimum absolute atomic E-state index is 0.111. The standard InChI is InChI=1S/C34H47ClN8S/c1-25-6-8-26(9-7-25)23-40-14-10-27(11-15-40)24-41-18-20-42(21-19-41)28-4-3-5-29(31(28)35)44-33-32(36)39-30(22-38-33)43-16-12-34(2,37)13-17-43/h3-9,22,27H,10-21,23-24,37H2,1-2H3,(H2,36,39). The Morgan fingerprint density at radius 3 is 2.30 bits per heavy atom. The van der Waals surface area contributed by atoms with Gasteiger partial charge in [-0.3, -0.25) is 9.80 Å². The first-order valence-corrected chi connectivity index (χ1v) is 17.3. The SMILES string of the molecule is Cc1ccc(CN2CCC(CN3CCN(c4cccc(Sc5ncc(N6CCC(C)(N)CC6)nc5N)c4Cl)CC3)CC2)cc1. The molecule has 0 unspecified atom stereocenters. The molecule has 44 heavy (non-hydrogen) atoms. The lowest BCUT2D eigenvalue weighted by molar-refractivity contribution is 0.135. The summed E-state index contributed by atoms with van der Waals surface area (Å²) < 4.78 is 0. The van der Waals surface area contributed by atoms with Crippen molar-refractivity contribution in [2.24, 2.45) is 11.7 Å². The minimum atomic E-state index is -0.111. The van der Waals surface area contributed by atoms with E-state index in [9.17, 15) is 0 Å². The quantitative estimate of drug-likeness (QED) is 0.332. The number of likely N-dealkylation sites (tertiary alicyclic amines) is 1. The summed E-state index contributed by atoms with van der Waals surface area (Å²) >= 11 is 8.49. The maximum absolute atomic E-state index is 7.01. The number of aromatic nitrogens is 2. The maximum Gasteiger partial charge on any atom is 0.158 e. The van der Waals surface area contributed by atoms with Gasteiger partial charge in [0.05, 0.1) is 16.9 Å². The van der Waals surface area contributed by atoms with Crippen LogP contribution < -0.4 is 21.3 Å². The molecule has 3 saturated heterocycles. The molecule has 0 aliphatic carbocycles. The first-order valence-electron chi connectivity index (χ1n) is 16.1. The molecule has 8 nitrogen and oxygen atoms in total. The van der Waals surface area contributed by atoms with Gasteiger partial charge in [0.25, 0.3) is 0 Å². The molecule has 10 heteroatoms. The van der Waals surface area contributed by atoms with Gasteiger partial charge in [0.1, 0.15) is 10.8 Å². The zero-order valence-electron chi connectivity index (χ0n) is 26.2. The lowest BCUT2D eigenvalue weighted by Crippen LogP contribution is -2.49. The van der Waals surface area contributed by atoms with E-state index in [0.717, 1.165) is 86.0 Å². The summed E-state index contributed by atoms with van der Waals surface area (Å²) in [6.45, 7) is 14.8. The van der Waals surface area contributed by atoms with Crippen molar-refractivity contribution in [3.8, 4) is 0 Å². The Labute approximate surface area is 272 Å². The summed E-state index contributed by atoms with van der Waals surface area (Å²) in [6, 6.07) is 15.2. The van der Waals surface area contributed by atoms with Crippen molar-refractivity contribution in [3.05, 3.63) is 64.8 Å². The van der Waals surface area contributed by atoms with E-state index in [4.69, 9.17) is 23.1 Å². The van der Waals surface area contributed by atoms with Crippen LogP contribution in [0, 0.1) is 12.8 Å². The van der Waals surface area contributed by atoms with E-state index in [0.29, 0.717) is 10.8 Å². The summed E-state index contributed by atoms with van der Waals surface area (Å²) in [6.07, 6.45) is 6.25. The van der Waals surface area contributed by atoms with Crippen LogP contribution in [-0.2, 0) is 6.54 Å². The van der Waals surface area contributed by atoms with Gasteiger partial charge in [-0.25, -0.2) is 9.97 Å². The molecule has 6 rings (SSSR count). The summed E-state index contributed by atoms with van der Waals surface area (Å²) in [5.74, 6) is 2.03. The van der Waals surface area contributed by atoms with Crippen molar-refractivity contribution in [3.63, 3.8) is 0 Å². The van der Waals surface area contributed by atoms with Crippen LogP contribution in [0.25, 0.3) is 0 Å². The highest BCUT2D eigenvalue weighted by Crippen LogP contribution is 2.40. The van der Waals surface area contributed by atoms with Crippen LogP contribution in [0.3, 0.4) is 0 Å². The Morgan fingerprint density at radius 1 is 0.909 bits per heavy atom. The van der Waals surface area contributed by atoms with Gasteiger partial charge in [-0.1, -0.05) is 59.3 Å². The first-order chi connectivity index (χ1) is 21.2. The van der Waals surface area contributed by atoms with Crippen LogP contribution in [0.2, 0.25) is 5.02 Å². The van der Waals surface area contributed by atoms with Gasteiger partial charge in [0.15, 0.2) is 5.82 Å². The van der Waals surface area contributed by atoms with E-state index in [1.807, 2.05) is 12.3 Å². The number of rotatable bonds is 8. The Kier molecular flexibility index (Phi) is 9.88. The lowest BCUT2D eigenvalue weighted by Gasteiger charge is -2.40. The van der Waals surface area contributed by atoms with E-state index in [2.05, 4.69) is 79.8 Å². The lowest BCUT2D eigenvalue weighted by atomic mass is 9.91. The van der Waals surface area contributed by atoms with Crippen LogP contribution in [-0.4, -0.2) is 84.2 Å². The zero-order valence-corrected chi connectivity index (χ0v) is 27.8. The number of piperidine rings is 2. The number of piperazine rings is 1. The number of hydrogen-bond acceptors (Lipinski definition) is 9. The number of nitrogen functional groups attached to an aromatic ring is 1. The fraction of sp³-hybridized carbons (Fsp3) is 0.529. The molecule has 0 atom stereocenters. The van der Waals surface area contributed by atoms with Gasteiger partial charge < -0.3 is 21.3 Å². The molecular formula is C34H47ClN8S. The Bertz CT molecular complexity index is 1390. The van der Waals surface area contributed by atoms with Crippen molar-refractivity contribution in [2.75, 3.05) is 74.4 Å². The van der Waals surface area contributed by atoms with E-state index < -0.39 is 0 Å². The average Bonchev–Trinajstić information content (AvgIpc) is 3.02. The number of halogens is 1. The number of nitrogens with two attached hydrogens (primary N) is 2. The van der Waals surface area contributed by atoms with Crippen molar-refractivity contribution in [1.29, 1.82) is 0 Å². The zero-order chi connectivity index (χ0) is 30.7. The van der Waals surface area contributed by atoms with Crippen molar-refractivity contribution >= 4 is 40.7 Å². The van der Waals surface area contributed by atoms with Gasteiger partial charge in [0, 0.05) is 62.8 Å². The minimum Gasteiger partial charge on any atom is -0.381 e. The molecule has 4 N–H and O–H groups in total. The van der Waals surface area contributed by atoms with Gasteiger partial charge in [0.2, 0.25) is 0 Å². The van der Waals surface area contributed by atoms with Crippen LogP contribution in [0.4, 0.5) is 17.3 Å². The predicted octanol–water partition coefficient (Wildman–Crippen LogP) is 5.52. The molecule has 0 radical (unpaired) electrons. The van der Waals surface area contributed by atoms with Crippen molar-refractivity contribution in [1.82, 2.24) is 19.8 Å². The highest BCUT2D eigenvalue weighted by molar-refractivity contribution is 7.99. The first kappa shape index (κ1) is 31.4. The molecule has 4 heterocycles. The summed E-state index contributed by atoms with van der Waals surface area (Å²) in [7, 11) is 0. The van der Waals surface area contributed by atoms with Gasteiger partial charge in [-0.05, 0) is 76.2 Å². The summed E-state index contributed by atoms with van der Waals surface area (Å²) in [5.41, 5.74) is 16.4. The van der Waals surface area contributed by atoms with Gasteiger partial charge >= 0.3 is 0 Å². The third kappa shape index (κ3) is 7.80. The highest BCUT2D eigenvalue weighted by Gasteiger charge is 2.28. The molecule has 3 aliphatic heterocycles. The number of aryl methyl sites for hydroxylation is 1. The van der Waals surface area contributed by atoms with E-state index in [1.54, 1.807) is 0 Å². The Morgan fingerprint density at radius 2 is 1.61 bits per heavy atom. The monoisotopic (exact) mass is 634 g/mol. The molecule has 0 bridgehead atoms. The average molecular weight is 635 g/mol. The largest absolute Gasteiger partial charge is 0.381 e. The molecule has 0 spiro atoms. The molecule has 236 valence electrons. The van der Waals surface area contributed by atoms with Gasteiger partial charge in [-0.15, -0.1) is 0 Å². The number of hydrogen-bond donors (Lipinski definition) is 2. The van der Waals surface area contributed by atoms with E-state index >= 15 is 0 Å². The molecule has 2 aromatic carbocycles. The van der Waals surface area contributed by atoms with Crippen LogP contribution in [0.5, 0.6) is 0 Å². The van der Waals surface area contributed by atoms with Crippen LogP contribution in [0.1, 0.15) is 43.7 Å². The summed E-state index contributed by atoms with van der Waals surface area (Å²) in [4.78, 5) is 20.2. The van der Waals surface area contributed by atoms with Gasteiger partial charge in [-0.2, -0.15) is 0 Å². The van der Waals surface area contributed by atoms with E-state index in [-0.39, 0.29) is 5.54 Å². The molecule has 3 fully saturated rings. The molecule has 3 aromatic rings. The van der Waals surface area contributed by atoms with Crippen molar-refractivity contribution < 1.29 is 0 Å². The molecule has 3 aliphatic rings. The third-order valence-electron chi connectivity index (χ3n) is 9.59. The van der Waals surface area contributed by atoms with Crippen LogP contribution in [0.15, 0.2) is 58.6 Å². The molecule has 0 saturated carbocycles. The number of benzene rings is 2. The fourth-order valence-electron chi connectivity index (χ4n) is 6.60. The second kappa shape index (κ2) is 13.8. The maximum atomic E-state index is 7.01. The number of nitrogens with zero attached hydrogens (tertiary/aromatic N) is 6. The topological polar surface area (TPSA) is 90.8 Å². The second-order valence-corrected chi connectivity index (χ2v) is 14.7. The second-order valence-electron chi connectivity index (χ2n) is 13.2. The Balaban J connectivity index is 0.987. The van der Waals surface area contributed by atoms with E-state index in [1.165, 1.54) is 55.4 Å². The molecule has 0 amide bonds. The third-order valence-corrected chi connectivity index (χ3v) is 11.2. The fourth-order valence-corrected chi connectivity index (χ4v) is 7.77. The predicted molar refractivity (Wildman–Crippen MR) is 184 cm³/mol. The Hall–Kier alpha value is -2.56. The molecular weight excluding hydrogens is 588 g/mol. The smallest absolute Gasteiger partial charge is 0.158 e. The highest BCUT2D eigenvalue weighted by atomic mass is 35.5. The number of anilines is 3. The summed E-state index contributed by atoms with van der Waals surface area (Å²) in [5, 5.41) is 1.44. The normalized spacial score (nSPS) is 20.3. The molecule has 1 aromatic heterocycles.